The smallest absolute Gasteiger partial charge is 0.351 e. The van der Waals surface area contributed by atoms with Gasteiger partial charge in [0.05, 0.1) is 5.03 Å². The second-order valence-corrected chi connectivity index (χ2v) is 4.15. The third-order valence-corrected chi connectivity index (χ3v) is 2.56. The van der Waals surface area contributed by atoms with E-state index in [1.807, 2.05) is 0 Å². The molecule has 0 amide bonds. The Morgan fingerprint density at radius 3 is 2.07 bits per heavy atom. The molecule has 1 N–H and O–H groups in total. The highest BCUT2D eigenvalue weighted by molar-refractivity contribution is 8.02. The third-order valence-electron chi connectivity index (χ3n) is 1.74. The zero-order valence-electron chi connectivity index (χ0n) is 9.04. The Kier molecular flexibility index (Phi) is 3.28. The number of ether oxygens (including phenoxy) is 2. The Morgan fingerprint density at radius 1 is 1.27 bits per heavy atom. The van der Waals surface area contributed by atoms with Crippen LogP contribution in [0.4, 0.5) is 0 Å². The van der Waals surface area contributed by atoms with Gasteiger partial charge in [0.15, 0.2) is 5.57 Å². The Bertz CT molecular complexity index is 307. The lowest BCUT2D eigenvalue weighted by Crippen LogP contribution is -2.42. The molecule has 1 saturated heterocycles. The molecule has 0 spiro atoms. The second kappa shape index (κ2) is 4.14. The van der Waals surface area contributed by atoms with Crippen LogP contribution in [0.2, 0.25) is 0 Å². The number of thioether (sulfide) groups is 1. The van der Waals surface area contributed by atoms with Crippen LogP contribution in [0.3, 0.4) is 0 Å². The number of carbonyl (C=O) groups excluding carboxylic acids is 2. The van der Waals surface area contributed by atoms with E-state index in [0.29, 0.717) is 5.03 Å². The molecule has 0 aromatic rings. The van der Waals surface area contributed by atoms with Crippen LogP contribution in [0, 0.1) is 0 Å². The fourth-order valence-corrected chi connectivity index (χ4v) is 1.74. The van der Waals surface area contributed by atoms with Crippen molar-refractivity contribution in [1.82, 2.24) is 5.32 Å². The zero-order valence-corrected chi connectivity index (χ0v) is 9.86. The summed E-state index contributed by atoms with van der Waals surface area (Å²) in [4.78, 5) is 23.1. The minimum absolute atomic E-state index is 0.0793. The maximum Gasteiger partial charge on any atom is 0.351 e. The van der Waals surface area contributed by atoms with Gasteiger partial charge in [-0.1, -0.05) is 0 Å². The van der Waals surface area contributed by atoms with Crippen molar-refractivity contribution in [3.63, 3.8) is 0 Å². The van der Waals surface area contributed by atoms with Crippen LogP contribution in [-0.4, -0.2) is 31.0 Å². The molecule has 0 aromatic carbocycles. The fraction of sp³-hybridized carbons (Fsp3) is 0.556. The first kappa shape index (κ1) is 11.9. The van der Waals surface area contributed by atoms with Crippen molar-refractivity contribution in [2.75, 3.05) is 13.3 Å². The number of rotatable bonds is 2. The van der Waals surface area contributed by atoms with Crippen LogP contribution < -0.4 is 5.32 Å². The predicted molar refractivity (Wildman–Crippen MR) is 55.9 cm³/mol. The molecule has 1 aliphatic heterocycles. The SMILES string of the molecule is CNC(SC)=C1C(=O)OC(C)(C)OC1=O. The second-order valence-electron chi connectivity index (χ2n) is 3.34. The highest BCUT2D eigenvalue weighted by atomic mass is 32.2. The van der Waals surface area contributed by atoms with Gasteiger partial charge in [-0.3, -0.25) is 0 Å². The summed E-state index contributed by atoms with van der Waals surface area (Å²) in [5, 5.41) is 3.20. The van der Waals surface area contributed by atoms with Gasteiger partial charge in [0.1, 0.15) is 0 Å². The lowest BCUT2D eigenvalue weighted by molar-refractivity contribution is -0.222. The van der Waals surface area contributed by atoms with Crippen LogP contribution in [-0.2, 0) is 19.1 Å². The average Bonchev–Trinajstić information content (AvgIpc) is 2.09. The maximum atomic E-state index is 11.5. The highest BCUT2D eigenvalue weighted by Gasteiger charge is 2.40. The van der Waals surface area contributed by atoms with Crippen LogP contribution in [0.1, 0.15) is 13.8 Å². The first-order valence-corrected chi connectivity index (χ1v) is 5.56. The molecule has 0 unspecified atom stereocenters. The molecule has 1 fully saturated rings. The molecule has 84 valence electrons. The van der Waals surface area contributed by atoms with Gasteiger partial charge in [0.2, 0.25) is 0 Å². The van der Waals surface area contributed by atoms with Crippen molar-refractivity contribution in [2.24, 2.45) is 0 Å². The molecule has 6 heteroatoms. The van der Waals surface area contributed by atoms with Crippen LogP contribution in [0.5, 0.6) is 0 Å². The van der Waals surface area contributed by atoms with E-state index in [1.54, 1.807) is 13.3 Å². The van der Waals surface area contributed by atoms with E-state index in [-0.39, 0.29) is 5.57 Å². The van der Waals surface area contributed by atoms with Gasteiger partial charge < -0.3 is 14.8 Å². The summed E-state index contributed by atoms with van der Waals surface area (Å²) in [6.45, 7) is 3.02. The van der Waals surface area contributed by atoms with Crippen molar-refractivity contribution in [2.45, 2.75) is 19.6 Å². The van der Waals surface area contributed by atoms with Crippen molar-refractivity contribution < 1.29 is 19.1 Å². The summed E-state index contributed by atoms with van der Waals surface area (Å²) in [6.07, 6.45) is 1.75. The number of hydrogen-bond acceptors (Lipinski definition) is 6. The molecule has 1 rings (SSSR count). The first-order valence-electron chi connectivity index (χ1n) is 4.34. The first-order chi connectivity index (χ1) is 6.91. The Balaban J connectivity index is 3.08. The minimum atomic E-state index is -1.19. The number of carbonyl (C=O) groups is 2. The van der Waals surface area contributed by atoms with E-state index in [0.717, 1.165) is 0 Å². The van der Waals surface area contributed by atoms with E-state index >= 15 is 0 Å². The van der Waals surface area contributed by atoms with Gasteiger partial charge in [0, 0.05) is 20.9 Å². The topological polar surface area (TPSA) is 64.6 Å². The van der Waals surface area contributed by atoms with E-state index < -0.39 is 17.7 Å². The Hall–Kier alpha value is -1.17. The van der Waals surface area contributed by atoms with Gasteiger partial charge >= 0.3 is 11.9 Å². The van der Waals surface area contributed by atoms with E-state index in [2.05, 4.69) is 5.32 Å². The molecule has 1 heterocycles. The van der Waals surface area contributed by atoms with Crippen LogP contribution >= 0.6 is 11.8 Å². The molecule has 1 aliphatic rings. The predicted octanol–water partition coefficient (Wildman–Crippen LogP) is 0.616. The van der Waals surface area contributed by atoms with Gasteiger partial charge in [0.25, 0.3) is 5.79 Å². The summed E-state index contributed by atoms with van der Waals surface area (Å²) >= 11 is 1.25. The molecule has 0 bridgehead atoms. The number of esters is 2. The van der Waals surface area contributed by atoms with Gasteiger partial charge in [-0.05, 0) is 6.26 Å². The van der Waals surface area contributed by atoms with Gasteiger partial charge in [-0.15, -0.1) is 11.8 Å². The lowest BCUT2D eigenvalue weighted by Gasteiger charge is -2.30. The van der Waals surface area contributed by atoms with Crippen LogP contribution in [0.15, 0.2) is 10.6 Å². The van der Waals surface area contributed by atoms with Crippen molar-refractivity contribution >= 4 is 23.7 Å². The van der Waals surface area contributed by atoms with Crippen molar-refractivity contribution in [3.8, 4) is 0 Å². The Morgan fingerprint density at radius 2 is 1.73 bits per heavy atom. The van der Waals surface area contributed by atoms with Gasteiger partial charge in [-0.25, -0.2) is 9.59 Å². The summed E-state index contributed by atoms with van der Waals surface area (Å²) in [6, 6.07) is 0. The third kappa shape index (κ3) is 2.44. The summed E-state index contributed by atoms with van der Waals surface area (Å²) in [5.41, 5.74) is -0.0793. The normalized spacial score (nSPS) is 19.3. The highest BCUT2D eigenvalue weighted by Crippen LogP contribution is 2.26. The largest absolute Gasteiger partial charge is 0.419 e. The van der Waals surface area contributed by atoms with Crippen molar-refractivity contribution in [3.05, 3.63) is 10.6 Å². The van der Waals surface area contributed by atoms with E-state index in [1.165, 1.54) is 25.6 Å². The quantitative estimate of drug-likeness (QED) is 0.427. The van der Waals surface area contributed by atoms with Gasteiger partial charge in [-0.2, -0.15) is 0 Å². The molecule has 15 heavy (non-hydrogen) atoms. The fourth-order valence-electron chi connectivity index (χ4n) is 1.17. The van der Waals surface area contributed by atoms with E-state index in [4.69, 9.17) is 9.47 Å². The van der Waals surface area contributed by atoms with Crippen molar-refractivity contribution in [1.29, 1.82) is 0 Å². The van der Waals surface area contributed by atoms with E-state index in [9.17, 15) is 9.59 Å². The maximum absolute atomic E-state index is 11.5. The average molecular weight is 231 g/mol. The molecular weight excluding hydrogens is 218 g/mol. The standard InChI is InChI=1S/C9H13NO4S/c1-9(2)13-7(11)5(8(12)14-9)6(10-3)15-4/h10H,1-4H3. The lowest BCUT2D eigenvalue weighted by atomic mass is 10.2. The summed E-state index contributed by atoms with van der Waals surface area (Å²) in [5.74, 6) is -2.50. The number of cyclic esters (lactones) is 2. The summed E-state index contributed by atoms with van der Waals surface area (Å²) < 4.78 is 9.90. The number of nitrogens with one attached hydrogen (secondary N) is 1. The molecular formula is C9H13NO4S. The molecule has 0 radical (unpaired) electrons. The number of hydrogen-bond donors (Lipinski definition) is 1. The Labute approximate surface area is 92.2 Å². The van der Waals surface area contributed by atoms with Crippen LogP contribution in [0.25, 0.3) is 0 Å². The molecule has 0 saturated carbocycles. The molecule has 0 aromatic heterocycles. The molecule has 0 aliphatic carbocycles. The summed E-state index contributed by atoms with van der Waals surface area (Å²) in [7, 11) is 1.62. The zero-order chi connectivity index (χ0) is 11.6. The minimum Gasteiger partial charge on any atom is -0.419 e. The molecule has 5 nitrogen and oxygen atoms in total. The monoisotopic (exact) mass is 231 g/mol. The molecule has 0 atom stereocenters.